The monoisotopic (exact) mass is 358 g/mol. The van der Waals surface area contributed by atoms with Crippen molar-refractivity contribution >= 4 is 45.2 Å². The minimum atomic E-state index is -0.151. The fraction of sp³-hybridized carbons (Fsp3) is 0.167. The standard InChI is InChI=1S/C12H11BrN2O2S2/c1-19-10-4-2-3-8(12(13)16)9(10)7-17-11-5-6-15(18)14-11/h2-6,18H,7H2,1H3. The first-order valence-electron chi connectivity index (χ1n) is 5.35. The zero-order chi connectivity index (χ0) is 13.8. The highest BCUT2D eigenvalue weighted by Gasteiger charge is 2.13. The van der Waals surface area contributed by atoms with Crippen LogP contribution in [0.15, 0.2) is 35.4 Å². The second-order valence-corrected chi connectivity index (χ2v) is 5.60. The molecule has 0 amide bonds. The van der Waals surface area contributed by atoms with Crippen molar-refractivity contribution in [2.75, 3.05) is 6.26 Å². The van der Waals surface area contributed by atoms with Crippen molar-refractivity contribution in [3.63, 3.8) is 0 Å². The van der Waals surface area contributed by atoms with E-state index in [9.17, 15) is 4.79 Å². The Morgan fingerprint density at radius 3 is 2.89 bits per heavy atom. The van der Waals surface area contributed by atoms with Crippen molar-refractivity contribution < 1.29 is 9.53 Å². The van der Waals surface area contributed by atoms with Gasteiger partial charge in [0.25, 0.3) is 0 Å². The van der Waals surface area contributed by atoms with Gasteiger partial charge in [-0.2, -0.15) is 0 Å². The van der Waals surface area contributed by atoms with Crippen molar-refractivity contribution in [2.24, 2.45) is 0 Å². The Morgan fingerprint density at radius 1 is 1.53 bits per heavy atom. The SMILES string of the molecule is CSc1cccc(C(=O)Br)c1COc1ccn(S)n1. The molecule has 0 saturated heterocycles. The third-order valence-corrected chi connectivity index (χ3v) is 3.95. The van der Waals surface area contributed by atoms with Gasteiger partial charge in [-0.25, -0.2) is 4.09 Å². The highest BCUT2D eigenvalue weighted by atomic mass is 79.9. The van der Waals surface area contributed by atoms with Crippen molar-refractivity contribution in [3.8, 4) is 5.88 Å². The highest BCUT2D eigenvalue weighted by molar-refractivity contribution is 9.18. The lowest BCUT2D eigenvalue weighted by Crippen LogP contribution is -2.04. The predicted molar refractivity (Wildman–Crippen MR) is 82.4 cm³/mol. The number of carbonyl (C=O) groups is 1. The van der Waals surface area contributed by atoms with Gasteiger partial charge < -0.3 is 4.74 Å². The van der Waals surface area contributed by atoms with Gasteiger partial charge in [-0.15, -0.1) is 16.9 Å². The Kier molecular flexibility index (Phi) is 4.95. The predicted octanol–water partition coefficient (Wildman–Crippen LogP) is 3.41. The second kappa shape index (κ2) is 6.49. The lowest BCUT2D eigenvalue weighted by atomic mass is 10.1. The Balaban J connectivity index is 2.25. The van der Waals surface area contributed by atoms with E-state index in [-0.39, 0.29) is 11.3 Å². The average Bonchev–Trinajstić information content (AvgIpc) is 2.81. The van der Waals surface area contributed by atoms with E-state index in [4.69, 9.17) is 4.74 Å². The van der Waals surface area contributed by atoms with Gasteiger partial charge in [-0.05, 0) is 41.1 Å². The minimum Gasteiger partial charge on any atom is -0.472 e. The summed E-state index contributed by atoms with van der Waals surface area (Å²) in [5.41, 5.74) is 1.46. The maximum atomic E-state index is 11.6. The fourth-order valence-electron chi connectivity index (χ4n) is 1.61. The highest BCUT2D eigenvalue weighted by Crippen LogP contribution is 2.26. The minimum absolute atomic E-state index is 0.151. The van der Waals surface area contributed by atoms with Gasteiger partial charge in [-0.3, -0.25) is 4.79 Å². The van der Waals surface area contributed by atoms with Gasteiger partial charge in [0.1, 0.15) is 6.61 Å². The number of thiol groups is 1. The number of carbonyl (C=O) groups excluding carboxylic acids is 1. The van der Waals surface area contributed by atoms with E-state index in [1.54, 1.807) is 30.1 Å². The summed E-state index contributed by atoms with van der Waals surface area (Å²) >= 11 is 8.60. The first-order chi connectivity index (χ1) is 9.11. The topological polar surface area (TPSA) is 44.1 Å². The van der Waals surface area contributed by atoms with E-state index in [2.05, 4.69) is 33.8 Å². The summed E-state index contributed by atoms with van der Waals surface area (Å²) in [5.74, 6) is 0.471. The number of nitrogens with zero attached hydrogens (tertiary/aromatic N) is 2. The van der Waals surface area contributed by atoms with Crippen LogP contribution >= 0.6 is 40.5 Å². The Hall–Kier alpha value is -0.920. The van der Waals surface area contributed by atoms with Crippen LogP contribution in [0.2, 0.25) is 0 Å². The fourth-order valence-corrected chi connectivity index (χ4v) is 2.77. The molecule has 0 aliphatic carbocycles. The van der Waals surface area contributed by atoms with Gasteiger partial charge in [-0.1, -0.05) is 12.1 Å². The lowest BCUT2D eigenvalue weighted by molar-refractivity contribution is 0.109. The average molecular weight is 359 g/mol. The molecule has 0 radical (unpaired) electrons. The molecule has 0 bridgehead atoms. The molecule has 0 spiro atoms. The molecule has 0 atom stereocenters. The molecule has 0 unspecified atom stereocenters. The van der Waals surface area contributed by atoms with E-state index < -0.39 is 0 Å². The van der Waals surface area contributed by atoms with Crippen LogP contribution in [-0.2, 0) is 6.61 Å². The van der Waals surface area contributed by atoms with Crippen molar-refractivity contribution in [1.82, 2.24) is 9.19 Å². The molecular weight excluding hydrogens is 348 g/mol. The van der Waals surface area contributed by atoms with E-state index >= 15 is 0 Å². The molecule has 100 valence electrons. The molecular formula is C12H11BrN2O2S2. The molecule has 2 rings (SSSR count). The maximum absolute atomic E-state index is 11.6. The summed E-state index contributed by atoms with van der Waals surface area (Å²) in [6, 6.07) is 7.29. The Bertz CT molecular complexity index is 601. The number of aromatic nitrogens is 2. The zero-order valence-corrected chi connectivity index (χ0v) is 13.3. The number of hydrogen-bond donors (Lipinski definition) is 1. The number of halogens is 1. The molecule has 4 nitrogen and oxygen atoms in total. The first kappa shape index (κ1) is 14.5. The van der Waals surface area contributed by atoms with Crippen LogP contribution in [0, 0.1) is 0 Å². The molecule has 0 saturated carbocycles. The van der Waals surface area contributed by atoms with Crippen LogP contribution in [0.3, 0.4) is 0 Å². The number of benzene rings is 1. The normalized spacial score (nSPS) is 10.5. The quantitative estimate of drug-likeness (QED) is 0.505. The van der Waals surface area contributed by atoms with Gasteiger partial charge in [0, 0.05) is 28.3 Å². The molecule has 0 aliphatic heterocycles. The third-order valence-electron chi connectivity index (χ3n) is 2.48. The van der Waals surface area contributed by atoms with Crippen LogP contribution in [0.4, 0.5) is 0 Å². The van der Waals surface area contributed by atoms with Gasteiger partial charge in [0.05, 0.1) is 0 Å². The van der Waals surface area contributed by atoms with Crippen molar-refractivity contribution in [3.05, 3.63) is 41.6 Å². The number of ether oxygens (including phenoxy) is 1. The van der Waals surface area contributed by atoms with Crippen molar-refractivity contribution in [2.45, 2.75) is 11.5 Å². The van der Waals surface area contributed by atoms with Crippen LogP contribution in [0.5, 0.6) is 5.88 Å². The van der Waals surface area contributed by atoms with Crippen LogP contribution < -0.4 is 4.74 Å². The van der Waals surface area contributed by atoms with Gasteiger partial charge in [0.15, 0.2) is 0 Å². The summed E-state index contributed by atoms with van der Waals surface area (Å²) in [6.07, 6.45) is 3.64. The molecule has 7 heteroatoms. The van der Waals surface area contributed by atoms with E-state index in [0.717, 1.165) is 10.5 Å². The Labute approximate surface area is 129 Å². The number of thioether (sulfide) groups is 1. The molecule has 1 aromatic carbocycles. The lowest BCUT2D eigenvalue weighted by Gasteiger charge is -2.11. The summed E-state index contributed by atoms with van der Waals surface area (Å²) in [5, 5.41) is 4.01. The second-order valence-electron chi connectivity index (χ2n) is 3.62. The van der Waals surface area contributed by atoms with E-state index in [1.165, 1.54) is 4.09 Å². The summed E-state index contributed by atoms with van der Waals surface area (Å²) in [4.78, 5) is 12.6. The largest absolute Gasteiger partial charge is 0.472 e. The van der Waals surface area contributed by atoms with E-state index in [0.29, 0.717) is 11.4 Å². The number of rotatable bonds is 5. The smallest absolute Gasteiger partial charge is 0.234 e. The summed E-state index contributed by atoms with van der Waals surface area (Å²) in [6.45, 7) is 0.286. The first-order valence-corrected chi connectivity index (χ1v) is 7.77. The third kappa shape index (κ3) is 3.55. The van der Waals surface area contributed by atoms with Crippen LogP contribution in [0.1, 0.15) is 15.9 Å². The van der Waals surface area contributed by atoms with E-state index in [1.807, 2.05) is 18.4 Å². The molecule has 1 heterocycles. The zero-order valence-electron chi connectivity index (χ0n) is 10.0. The molecule has 1 aromatic heterocycles. The van der Waals surface area contributed by atoms with Crippen molar-refractivity contribution in [1.29, 1.82) is 0 Å². The molecule has 19 heavy (non-hydrogen) atoms. The molecule has 0 aliphatic rings. The maximum Gasteiger partial charge on any atom is 0.234 e. The molecule has 0 N–H and O–H groups in total. The molecule has 0 fully saturated rings. The van der Waals surface area contributed by atoms with Gasteiger partial charge >= 0.3 is 0 Å². The van der Waals surface area contributed by atoms with Gasteiger partial charge in [0.2, 0.25) is 10.6 Å². The molecule has 2 aromatic rings. The number of hydrogen-bond acceptors (Lipinski definition) is 5. The van der Waals surface area contributed by atoms with Crippen LogP contribution in [0.25, 0.3) is 0 Å². The summed E-state index contributed by atoms with van der Waals surface area (Å²) < 4.78 is 6.80. The summed E-state index contributed by atoms with van der Waals surface area (Å²) in [7, 11) is 0. The Morgan fingerprint density at radius 2 is 2.32 bits per heavy atom. The van der Waals surface area contributed by atoms with Crippen LogP contribution in [-0.4, -0.2) is 20.1 Å².